The van der Waals surface area contributed by atoms with Crippen LogP contribution in [0, 0.1) is 5.41 Å². The molecule has 1 atom stereocenters. The van der Waals surface area contributed by atoms with Crippen LogP contribution in [0.1, 0.15) is 17.8 Å². The number of ether oxygens (including phenoxy) is 1. The topological polar surface area (TPSA) is 69.4 Å². The predicted molar refractivity (Wildman–Crippen MR) is 100 cm³/mol. The molecule has 0 unspecified atom stereocenters. The Hall–Kier alpha value is -1.89. The maximum atomic E-state index is 10.4. The number of benzene rings is 1. The summed E-state index contributed by atoms with van der Waals surface area (Å²) in [7, 11) is 0. The van der Waals surface area contributed by atoms with E-state index in [1.165, 1.54) is 11.3 Å². The van der Waals surface area contributed by atoms with Crippen molar-refractivity contribution in [2.75, 3.05) is 19.7 Å². The molecule has 5 nitrogen and oxygen atoms in total. The first-order chi connectivity index (χ1) is 12.1. The third kappa shape index (κ3) is 3.29. The van der Waals surface area contributed by atoms with E-state index in [4.69, 9.17) is 21.7 Å². The molecule has 0 saturated carbocycles. The van der Waals surface area contributed by atoms with Gasteiger partial charge in [0.2, 0.25) is 0 Å². The van der Waals surface area contributed by atoms with E-state index < -0.39 is 0 Å². The van der Waals surface area contributed by atoms with Gasteiger partial charge in [0.1, 0.15) is 16.6 Å². The number of rotatable bonds is 4. The summed E-state index contributed by atoms with van der Waals surface area (Å²) in [6, 6.07) is 7.49. The molecule has 2 aromatic rings. The van der Waals surface area contributed by atoms with Crippen molar-refractivity contribution in [1.29, 1.82) is 5.41 Å². The van der Waals surface area contributed by atoms with Gasteiger partial charge < -0.3 is 14.7 Å². The lowest BCUT2D eigenvalue weighted by Gasteiger charge is -2.21. The molecule has 4 rings (SSSR count). The molecule has 0 spiro atoms. The van der Waals surface area contributed by atoms with Gasteiger partial charge in [0, 0.05) is 29.1 Å². The number of halogens is 1. The summed E-state index contributed by atoms with van der Waals surface area (Å²) in [4.78, 5) is 6.48. The van der Waals surface area contributed by atoms with Crippen molar-refractivity contribution in [3.05, 3.63) is 45.4 Å². The average Bonchev–Trinajstić information content (AvgIpc) is 3.31. The third-order valence-electron chi connectivity index (χ3n) is 4.49. The van der Waals surface area contributed by atoms with E-state index in [1.54, 1.807) is 0 Å². The summed E-state index contributed by atoms with van der Waals surface area (Å²) in [5.41, 5.74) is 2.32. The van der Waals surface area contributed by atoms with E-state index in [1.807, 2.05) is 34.5 Å². The van der Waals surface area contributed by atoms with Gasteiger partial charge in [0.15, 0.2) is 0 Å². The molecule has 1 saturated heterocycles. The first kappa shape index (κ1) is 16.6. The van der Waals surface area contributed by atoms with Gasteiger partial charge in [0.05, 0.1) is 23.9 Å². The van der Waals surface area contributed by atoms with Gasteiger partial charge in [-0.1, -0.05) is 23.7 Å². The summed E-state index contributed by atoms with van der Waals surface area (Å²) < 4.78 is 5.65. The van der Waals surface area contributed by atoms with Crippen LogP contribution in [0.5, 0.6) is 0 Å². The fraction of sp³-hybridized carbons (Fsp3) is 0.333. The largest absolute Gasteiger partial charge is 0.510 e. The van der Waals surface area contributed by atoms with Crippen LogP contribution in [-0.4, -0.2) is 46.6 Å². The summed E-state index contributed by atoms with van der Waals surface area (Å²) in [5, 5.41) is 22.1. The van der Waals surface area contributed by atoms with E-state index in [0.717, 1.165) is 30.7 Å². The number of aliphatic hydroxyl groups excluding tert-OH is 1. The van der Waals surface area contributed by atoms with Gasteiger partial charge in [-0.2, -0.15) is 0 Å². The summed E-state index contributed by atoms with van der Waals surface area (Å²) in [6.07, 6.45) is 2.22. The minimum Gasteiger partial charge on any atom is -0.510 e. The van der Waals surface area contributed by atoms with Crippen LogP contribution >= 0.6 is 22.9 Å². The normalized spacial score (nSPS) is 20.8. The summed E-state index contributed by atoms with van der Waals surface area (Å²) in [5.74, 6) is 0.532. The molecule has 2 N–H and O–H groups in total. The maximum absolute atomic E-state index is 10.4. The standard InChI is InChI=1S/C18H18ClN3O2S/c19-12-5-3-11(4-6-12)14-10-25-18(21-14)16-15(23)9-22(17(16)20)8-13-2-1-7-24-13/h3-6,10,13,20,23H,1-2,7-9H2/t13-/m1/s1. The second-order valence-electron chi connectivity index (χ2n) is 6.23. The van der Waals surface area contributed by atoms with E-state index in [-0.39, 0.29) is 11.9 Å². The Balaban J connectivity index is 1.54. The van der Waals surface area contributed by atoms with Crippen molar-refractivity contribution in [2.24, 2.45) is 0 Å². The van der Waals surface area contributed by atoms with E-state index in [9.17, 15) is 5.11 Å². The highest BCUT2D eigenvalue weighted by Gasteiger charge is 2.32. The minimum absolute atomic E-state index is 0.147. The fourth-order valence-corrected chi connectivity index (χ4v) is 4.21. The molecule has 0 amide bonds. The third-order valence-corrected chi connectivity index (χ3v) is 5.60. The smallest absolute Gasteiger partial charge is 0.135 e. The Kier molecular flexibility index (Phi) is 4.50. The lowest BCUT2D eigenvalue weighted by molar-refractivity contribution is 0.0924. The average molecular weight is 376 g/mol. The number of hydrogen-bond donors (Lipinski definition) is 2. The van der Waals surface area contributed by atoms with Crippen molar-refractivity contribution < 1.29 is 9.84 Å². The molecule has 7 heteroatoms. The van der Waals surface area contributed by atoms with Gasteiger partial charge in [-0.3, -0.25) is 5.41 Å². The van der Waals surface area contributed by atoms with Gasteiger partial charge in [-0.05, 0) is 25.0 Å². The first-order valence-corrected chi connectivity index (χ1v) is 9.47. The Morgan fingerprint density at radius 1 is 1.36 bits per heavy atom. The number of hydrogen-bond acceptors (Lipinski definition) is 5. The number of nitrogens with zero attached hydrogens (tertiary/aromatic N) is 2. The molecule has 0 aliphatic carbocycles. The number of nitrogens with one attached hydrogen (secondary N) is 1. The van der Waals surface area contributed by atoms with Gasteiger partial charge in [-0.25, -0.2) is 4.98 Å². The van der Waals surface area contributed by atoms with Crippen LogP contribution in [0.15, 0.2) is 35.4 Å². The Morgan fingerprint density at radius 2 is 2.16 bits per heavy atom. The van der Waals surface area contributed by atoms with Crippen LogP contribution in [0.25, 0.3) is 16.8 Å². The van der Waals surface area contributed by atoms with Crippen LogP contribution in [0.2, 0.25) is 5.02 Å². The van der Waals surface area contributed by atoms with Crippen LogP contribution < -0.4 is 0 Å². The molecule has 1 aromatic carbocycles. The van der Waals surface area contributed by atoms with Crippen molar-refractivity contribution in [3.63, 3.8) is 0 Å². The second kappa shape index (κ2) is 6.78. The Morgan fingerprint density at radius 3 is 2.88 bits per heavy atom. The SMILES string of the molecule is N=C1C(c2nc(-c3ccc(Cl)cc3)cs2)=C(O)CN1C[C@H]1CCCO1. The quantitative estimate of drug-likeness (QED) is 0.840. The molecule has 1 fully saturated rings. The van der Waals surface area contributed by atoms with Gasteiger partial charge in [0.25, 0.3) is 0 Å². The van der Waals surface area contributed by atoms with Crippen molar-refractivity contribution in [2.45, 2.75) is 18.9 Å². The maximum Gasteiger partial charge on any atom is 0.135 e. The van der Waals surface area contributed by atoms with Crippen LogP contribution in [0.4, 0.5) is 0 Å². The van der Waals surface area contributed by atoms with Crippen LogP contribution in [0.3, 0.4) is 0 Å². The highest BCUT2D eigenvalue weighted by atomic mass is 35.5. The first-order valence-electron chi connectivity index (χ1n) is 8.21. The zero-order chi connectivity index (χ0) is 17.4. The van der Waals surface area contributed by atoms with Crippen molar-refractivity contribution >= 4 is 34.3 Å². The zero-order valence-corrected chi connectivity index (χ0v) is 15.1. The molecular weight excluding hydrogens is 358 g/mol. The lowest BCUT2D eigenvalue weighted by Crippen LogP contribution is -2.34. The highest BCUT2D eigenvalue weighted by Crippen LogP contribution is 2.33. The molecule has 25 heavy (non-hydrogen) atoms. The molecule has 2 aliphatic rings. The molecular formula is C18H18ClN3O2S. The van der Waals surface area contributed by atoms with E-state index in [2.05, 4.69) is 4.98 Å². The molecule has 130 valence electrons. The van der Waals surface area contributed by atoms with E-state index >= 15 is 0 Å². The monoisotopic (exact) mass is 375 g/mol. The van der Waals surface area contributed by atoms with Gasteiger partial charge >= 0.3 is 0 Å². The number of aliphatic hydroxyl groups is 1. The highest BCUT2D eigenvalue weighted by molar-refractivity contribution is 7.11. The molecule has 1 aromatic heterocycles. The minimum atomic E-state index is 0.147. The molecule has 0 bridgehead atoms. The predicted octanol–water partition coefficient (Wildman–Crippen LogP) is 4.20. The molecule has 2 aliphatic heterocycles. The van der Waals surface area contributed by atoms with Gasteiger partial charge in [-0.15, -0.1) is 11.3 Å². The summed E-state index contributed by atoms with van der Waals surface area (Å²) in [6.45, 7) is 1.78. The second-order valence-corrected chi connectivity index (χ2v) is 7.53. The molecule has 3 heterocycles. The van der Waals surface area contributed by atoms with Crippen molar-refractivity contribution in [3.8, 4) is 11.3 Å². The van der Waals surface area contributed by atoms with Crippen LogP contribution in [-0.2, 0) is 4.74 Å². The molecule has 0 radical (unpaired) electrons. The van der Waals surface area contributed by atoms with Crippen molar-refractivity contribution in [1.82, 2.24) is 9.88 Å². The Labute approximate surface area is 155 Å². The Bertz CT molecular complexity index is 825. The van der Waals surface area contributed by atoms with E-state index in [0.29, 0.717) is 34.5 Å². The lowest BCUT2D eigenvalue weighted by atomic mass is 10.2. The summed E-state index contributed by atoms with van der Waals surface area (Å²) >= 11 is 7.37. The number of thiazole rings is 1. The number of amidine groups is 1. The fourth-order valence-electron chi connectivity index (χ4n) is 3.19. The number of aromatic nitrogens is 1. The zero-order valence-electron chi connectivity index (χ0n) is 13.5.